The van der Waals surface area contributed by atoms with Crippen LogP contribution in [-0.2, 0) is 8.85 Å². The standard InChI is InChI=1S/C27H50O2Si2/c1-21(17-19-28-30(9,10)25(2,3)4)23-15-16-24-22(14-13-18-27(23,24)8)20-29-31(11,12)26(5,6)7/h13,18H,14-17,19-20H2,1-12H3/b23-21-. The van der Waals surface area contributed by atoms with Crippen LogP contribution in [0.2, 0.25) is 36.3 Å². The van der Waals surface area contributed by atoms with Crippen LogP contribution in [0.25, 0.3) is 0 Å². The van der Waals surface area contributed by atoms with E-state index in [1.165, 1.54) is 24.0 Å². The van der Waals surface area contributed by atoms with Gasteiger partial charge in [0.1, 0.15) is 0 Å². The second-order valence-corrected chi connectivity index (χ2v) is 22.7. The third-order valence-corrected chi connectivity index (χ3v) is 17.8. The zero-order valence-corrected chi connectivity index (χ0v) is 24.7. The van der Waals surface area contributed by atoms with Crippen LogP contribution in [0.3, 0.4) is 0 Å². The molecule has 0 heterocycles. The minimum atomic E-state index is -1.73. The van der Waals surface area contributed by atoms with Crippen molar-refractivity contribution in [3.63, 3.8) is 0 Å². The van der Waals surface area contributed by atoms with E-state index in [-0.39, 0.29) is 15.5 Å². The van der Waals surface area contributed by atoms with Crippen molar-refractivity contribution < 1.29 is 8.85 Å². The monoisotopic (exact) mass is 462 g/mol. The molecule has 0 radical (unpaired) electrons. The second-order valence-electron chi connectivity index (χ2n) is 13.1. The molecule has 0 bridgehead atoms. The molecule has 2 rings (SSSR count). The molecule has 1 atom stereocenters. The summed E-state index contributed by atoms with van der Waals surface area (Å²) in [6.45, 7) is 29.8. The minimum Gasteiger partial charge on any atom is -0.417 e. The number of allylic oxidation sites excluding steroid dienone is 4. The van der Waals surface area contributed by atoms with Gasteiger partial charge in [-0.2, -0.15) is 0 Å². The van der Waals surface area contributed by atoms with Crippen LogP contribution in [0.1, 0.15) is 81.1 Å². The van der Waals surface area contributed by atoms with Gasteiger partial charge in [-0.25, -0.2) is 0 Å². The SMILES string of the molecule is C/C(CCO[Si](C)(C)C(C)(C)C)=C1\CCC2=C(CO[Si](C)(C)C(C)(C)C)CC=CC21C. The number of hydrogen-bond acceptors (Lipinski definition) is 2. The predicted molar refractivity (Wildman–Crippen MR) is 142 cm³/mol. The molecule has 0 aromatic carbocycles. The first-order valence-electron chi connectivity index (χ1n) is 12.3. The Bertz CT molecular complexity index is 757. The Morgan fingerprint density at radius 1 is 0.935 bits per heavy atom. The summed E-state index contributed by atoms with van der Waals surface area (Å²) in [4.78, 5) is 0. The number of hydrogen-bond donors (Lipinski definition) is 0. The molecule has 2 nitrogen and oxygen atoms in total. The Morgan fingerprint density at radius 3 is 2.03 bits per heavy atom. The molecule has 0 aromatic heterocycles. The molecular weight excluding hydrogens is 412 g/mol. The maximum atomic E-state index is 6.63. The lowest BCUT2D eigenvalue weighted by molar-refractivity contribution is 0.290. The van der Waals surface area contributed by atoms with E-state index < -0.39 is 16.6 Å². The Balaban J connectivity index is 2.16. The van der Waals surface area contributed by atoms with Crippen LogP contribution in [0.5, 0.6) is 0 Å². The van der Waals surface area contributed by atoms with Crippen molar-refractivity contribution in [2.75, 3.05) is 13.2 Å². The Labute approximate surface area is 195 Å². The van der Waals surface area contributed by atoms with Gasteiger partial charge in [0.05, 0.1) is 6.61 Å². The van der Waals surface area contributed by atoms with Crippen LogP contribution in [0.15, 0.2) is 34.4 Å². The van der Waals surface area contributed by atoms with Crippen molar-refractivity contribution >= 4 is 16.6 Å². The molecule has 31 heavy (non-hydrogen) atoms. The van der Waals surface area contributed by atoms with Crippen molar-refractivity contribution in [2.24, 2.45) is 5.41 Å². The zero-order chi connectivity index (χ0) is 23.9. The molecular formula is C27H50O2Si2. The summed E-state index contributed by atoms with van der Waals surface area (Å²) in [5, 5.41) is 0.530. The summed E-state index contributed by atoms with van der Waals surface area (Å²) in [5.41, 5.74) is 6.42. The van der Waals surface area contributed by atoms with Gasteiger partial charge in [-0.05, 0) is 81.4 Å². The summed E-state index contributed by atoms with van der Waals surface area (Å²) in [6, 6.07) is 0. The lowest BCUT2D eigenvalue weighted by Gasteiger charge is -2.38. The molecule has 0 spiro atoms. The number of rotatable bonds is 7. The maximum Gasteiger partial charge on any atom is 0.192 e. The highest BCUT2D eigenvalue weighted by atomic mass is 28.4. The summed E-state index contributed by atoms with van der Waals surface area (Å²) >= 11 is 0. The van der Waals surface area contributed by atoms with Crippen LogP contribution in [-0.4, -0.2) is 29.8 Å². The third-order valence-electron chi connectivity index (χ3n) is 8.80. The van der Waals surface area contributed by atoms with E-state index in [9.17, 15) is 0 Å². The fourth-order valence-electron chi connectivity index (χ4n) is 4.37. The van der Waals surface area contributed by atoms with E-state index >= 15 is 0 Å². The average Bonchev–Trinajstić information content (AvgIpc) is 2.95. The number of fused-ring (bicyclic) bond motifs is 1. The van der Waals surface area contributed by atoms with Gasteiger partial charge in [0.25, 0.3) is 0 Å². The maximum absolute atomic E-state index is 6.63. The van der Waals surface area contributed by atoms with Gasteiger partial charge in [0.15, 0.2) is 16.6 Å². The Hall–Kier alpha value is -0.426. The van der Waals surface area contributed by atoms with Crippen molar-refractivity contribution in [1.82, 2.24) is 0 Å². The quantitative estimate of drug-likeness (QED) is 0.278. The molecule has 178 valence electrons. The van der Waals surface area contributed by atoms with Crippen LogP contribution in [0, 0.1) is 5.41 Å². The highest BCUT2D eigenvalue weighted by Gasteiger charge is 2.42. The van der Waals surface area contributed by atoms with Crippen LogP contribution >= 0.6 is 0 Å². The Morgan fingerprint density at radius 2 is 1.48 bits per heavy atom. The lowest BCUT2D eigenvalue weighted by Crippen LogP contribution is -2.41. The molecule has 0 N–H and O–H groups in total. The van der Waals surface area contributed by atoms with E-state index in [0.717, 1.165) is 26.1 Å². The molecule has 2 aliphatic carbocycles. The first-order chi connectivity index (χ1) is 13.9. The van der Waals surface area contributed by atoms with Crippen LogP contribution in [0.4, 0.5) is 0 Å². The van der Waals surface area contributed by atoms with E-state index in [1.54, 1.807) is 11.1 Å². The van der Waals surface area contributed by atoms with Gasteiger partial charge in [0, 0.05) is 12.0 Å². The largest absolute Gasteiger partial charge is 0.417 e. The normalized spacial score (nSPS) is 24.6. The van der Waals surface area contributed by atoms with Gasteiger partial charge < -0.3 is 8.85 Å². The molecule has 4 heteroatoms. The molecule has 1 saturated carbocycles. The highest BCUT2D eigenvalue weighted by molar-refractivity contribution is 6.74. The molecule has 0 aromatic rings. The summed E-state index contributed by atoms with van der Waals surface area (Å²) in [7, 11) is -3.41. The predicted octanol–water partition coefficient (Wildman–Crippen LogP) is 8.79. The topological polar surface area (TPSA) is 18.5 Å². The summed E-state index contributed by atoms with van der Waals surface area (Å²) < 4.78 is 13.1. The lowest BCUT2D eigenvalue weighted by atomic mass is 9.74. The molecule has 0 saturated heterocycles. The highest BCUT2D eigenvalue weighted by Crippen LogP contribution is 2.53. The van der Waals surface area contributed by atoms with Gasteiger partial charge in [-0.3, -0.25) is 0 Å². The van der Waals surface area contributed by atoms with Gasteiger partial charge in [0.2, 0.25) is 0 Å². The molecule has 1 unspecified atom stereocenters. The van der Waals surface area contributed by atoms with E-state index in [2.05, 4.69) is 93.7 Å². The molecule has 1 fully saturated rings. The first-order valence-corrected chi connectivity index (χ1v) is 18.1. The second kappa shape index (κ2) is 9.08. The molecule has 0 aliphatic heterocycles. The molecule has 0 amide bonds. The van der Waals surface area contributed by atoms with Crippen molar-refractivity contribution in [3.8, 4) is 0 Å². The van der Waals surface area contributed by atoms with E-state index in [1.807, 2.05) is 0 Å². The summed E-state index contributed by atoms with van der Waals surface area (Å²) in [5.74, 6) is 0. The summed E-state index contributed by atoms with van der Waals surface area (Å²) in [6.07, 6.45) is 9.34. The zero-order valence-electron chi connectivity index (χ0n) is 22.7. The van der Waals surface area contributed by atoms with E-state index in [4.69, 9.17) is 8.85 Å². The van der Waals surface area contributed by atoms with Crippen LogP contribution < -0.4 is 0 Å². The van der Waals surface area contributed by atoms with Gasteiger partial charge in [-0.15, -0.1) is 0 Å². The first kappa shape index (κ1) is 26.8. The van der Waals surface area contributed by atoms with Gasteiger partial charge >= 0.3 is 0 Å². The fourth-order valence-corrected chi connectivity index (χ4v) is 6.38. The van der Waals surface area contributed by atoms with E-state index in [0.29, 0.717) is 0 Å². The molecule has 2 aliphatic rings. The van der Waals surface area contributed by atoms with Crippen molar-refractivity contribution in [3.05, 3.63) is 34.4 Å². The smallest absolute Gasteiger partial charge is 0.192 e. The van der Waals surface area contributed by atoms with Gasteiger partial charge in [-0.1, -0.05) is 70.4 Å². The minimum absolute atomic E-state index is 0.0887. The van der Waals surface area contributed by atoms with Crippen molar-refractivity contribution in [2.45, 2.75) is 117 Å². The Kier molecular flexibility index (Phi) is 7.85. The van der Waals surface area contributed by atoms with Crippen molar-refractivity contribution in [1.29, 1.82) is 0 Å². The average molecular weight is 463 g/mol. The fraction of sp³-hybridized carbons (Fsp3) is 0.778. The third kappa shape index (κ3) is 5.74.